The molecule has 0 N–H and O–H groups in total. The molecule has 5 aromatic rings. The molecule has 0 unspecified atom stereocenters. The van der Waals surface area contributed by atoms with Crippen molar-refractivity contribution in [3.63, 3.8) is 0 Å². The van der Waals surface area contributed by atoms with Crippen LogP contribution in [0.25, 0.3) is 43.1 Å². The van der Waals surface area contributed by atoms with Crippen LogP contribution in [0.5, 0.6) is 0 Å². The van der Waals surface area contributed by atoms with Crippen molar-refractivity contribution in [2.75, 3.05) is 0 Å². The molecule has 0 saturated heterocycles. The van der Waals surface area contributed by atoms with Crippen molar-refractivity contribution >= 4 is 66.7 Å². The fraction of sp³-hybridized carbons (Fsp3) is 0.636. The Labute approximate surface area is 435 Å². The molecule has 2 aliphatic rings. The molecule has 72 heavy (non-hydrogen) atoms. The van der Waals surface area contributed by atoms with Gasteiger partial charge < -0.3 is 0 Å². The maximum atomic E-state index is 14.9. The van der Waals surface area contributed by atoms with Crippen molar-refractivity contribution in [1.29, 1.82) is 0 Å². The maximum absolute atomic E-state index is 14.9. The van der Waals surface area contributed by atoms with E-state index in [-0.39, 0.29) is 35.7 Å². The summed E-state index contributed by atoms with van der Waals surface area (Å²) in [6.07, 6.45) is 42.6. The number of carbonyl (C=O) groups excluding carboxylic acids is 4. The number of fused-ring (bicyclic) bond motifs is 2. The summed E-state index contributed by atoms with van der Waals surface area (Å²) in [5.74, 6) is -0.662. The first-order chi connectivity index (χ1) is 35.4. The highest BCUT2D eigenvalue weighted by molar-refractivity contribution is 6.41. The van der Waals surface area contributed by atoms with E-state index in [1.807, 2.05) is 24.3 Å². The fourth-order valence-corrected chi connectivity index (χ4v) is 12.8. The quantitative estimate of drug-likeness (QED) is 0.0171. The number of nitrogens with zero attached hydrogens (tertiary/aromatic N) is 2. The van der Waals surface area contributed by atoms with Crippen LogP contribution < -0.4 is 0 Å². The van der Waals surface area contributed by atoms with E-state index in [1.54, 1.807) is 9.80 Å². The molecule has 6 nitrogen and oxygen atoms in total. The number of rotatable bonds is 38. The lowest BCUT2D eigenvalue weighted by molar-refractivity contribution is 0.0501. The number of imide groups is 2. The molecule has 0 aromatic heterocycles. The van der Waals surface area contributed by atoms with Crippen molar-refractivity contribution < 1.29 is 19.2 Å². The number of hydrogen-bond donors (Lipinski definition) is 0. The highest BCUT2D eigenvalue weighted by Crippen LogP contribution is 2.47. The summed E-state index contributed by atoms with van der Waals surface area (Å²) in [6.45, 7) is 9.04. The lowest BCUT2D eigenvalue weighted by Crippen LogP contribution is -2.47. The van der Waals surface area contributed by atoms with Gasteiger partial charge in [-0.15, -0.1) is 0 Å². The minimum Gasteiger partial charge on any atom is -0.271 e. The molecule has 0 radical (unpaired) electrons. The Morgan fingerprint density at radius 1 is 0.264 bits per heavy atom. The molecule has 0 fully saturated rings. The number of benzene rings is 5. The fourth-order valence-electron chi connectivity index (χ4n) is 12.8. The molecule has 0 saturated carbocycles. The van der Waals surface area contributed by atoms with Crippen molar-refractivity contribution in [3.05, 3.63) is 70.8 Å². The smallest absolute Gasteiger partial charge is 0.261 e. The van der Waals surface area contributed by atoms with Crippen LogP contribution in [0.2, 0.25) is 0 Å². The first-order valence-corrected chi connectivity index (χ1v) is 30.3. The third kappa shape index (κ3) is 13.3. The summed E-state index contributed by atoms with van der Waals surface area (Å²) in [5, 5.41) is 7.16. The molecule has 4 amide bonds. The van der Waals surface area contributed by atoms with Gasteiger partial charge in [0.05, 0.1) is 0 Å². The number of carbonyl (C=O) groups is 4. The highest BCUT2D eigenvalue weighted by Gasteiger charge is 2.40. The van der Waals surface area contributed by atoms with Gasteiger partial charge in [-0.1, -0.05) is 257 Å². The largest absolute Gasteiger partial charge is 0.271 e. The third-order valence-electron chi connectivity index (χ3n) is 17.0. The molecule has 392 valence electrons. The van der Waals surface area contributed by atoms with Gasteiger partial charge in [0.15, 0.2) is 0 Å². The van der Waals surface area contributed by atoms with Crippen molar-refractivity contribution in [3.8, 4) is 0 Å². The normalized spacial score (nSPS) is 13.9. The summed E-state index contributed by atoms with van der Waals surface area (Å²) in [4.78, 5) is 62.9. The second kappa shape index (κ2) is 28.9. The van der Waals surface area contributed by atoms with Crippen LogP contribution >= 0.6 is 0 Å². The van der Waals surface area contributed by atoms with E-state index in [4.69, 9.17) is 0 Å². The Hall–Kier alpha value is -4.32. The van der Waals surface area contributed by atoms with Crippen LogP contribution in [-0.2, 0) is 0 Å². The topological polar surface area (TPSA) is 74.8 Å². The lowest BCUT2D eigenvalue weighted by atomic mass is 9.81. The summed E-state index contributed by atoms with van der Waals surface area (Å²) >= 11 is 0. The Bertz CT molecular complexity index is 2190. The molecule has 7 rings (SSSR count). The molecule has 6 heteroatoms. The molecule has 0 spiro atoms. The van der Waals surface area contributed by atoms with Gasteiger partial charge in [-0.25, -0.2) is 0 Å². The average molecular weight is 979 g/mol. The summed E-state index contributed by atoms with van der Waals surface area (Å²) in [7, 11) is 0. The molecule has 0 atom stereocenters. The first-order valence-electron chi connectivity index (χ1n) is 30.3. The summed E-state index contributed by atoms with van der Waals surface area (Å²) in [5.41, 5.74) is 2.43. The molecule has 2 heterocycles. The molecule has 2 aliphatic heterocycles. The zero-order chi connectivity index (χ0) is 50.7. The molecular formula is C66H94N2O4. The second-order valence-electron chi connectivity index (χ2n) is 22.5. The SMILES string of the molecule is CCCCCCCCCCC(CCCCCCCCCC)N1C(=O)c2ccc3c4ccc5c6c(ccc(c7ccc(c2c37)C1=O)c64)C(=O)N(C(CCCCCCCCCC)CCCCCCCCCC)C5=O. The van der Waals surface area contributed by atoms with Crippen LogP contribution in [0.4, 0.5) is 0 Å². The predicted octanol–water partition coefficient (Wildman–Crippen LogP) is 19.8. The van der Waals surface area contributed by atoms with Crippen molar-refractivity contribution in [2.24, 2.45) is 0 Å². The standard InChI is InChI=1S/C66H94N2O4/c1-5-9-13-17-21-25-29-33-37-49(38-34-30-26-22-18-14-10-6-2)67-63(69)55-45-41-51-53-43-47-57-62-58(48-44-54(60(53)62)52-42-46-56(64(67)70)61(55)59(51)52)66(72)68(65(57)71)50(39-35-31-27-23-19-15-11-7-3)40-36-32-28-24-20-16-12-8-4/h41-50H,5-40H2,1-4H3. The van der Waals surface area contributed by atoms with Gasteiger partial charge in [0.2, 0.25) is 0 Å². The van der Waals surface area contributed by atoms with E-state index < -0.39 is 0 Å². The third-order valence-corrected chi connectivity index (χ3v) is 17.0. The predicted molar refractivity (Wildman–Crippen MR) is 305 cm³/mol. The number of amides is 4. The summed E-state index contributed by atoms with van der Waals surface area (Å²) < 4.78 is 0. The Morgan fingerprint density at radius 3 is 0.667 bits per heavy atom. The van der Waals surface area contributed by atoms with Crippen LogP contribution in [0.3, 0.4) is 0 Å². The minimum atomic E-state index is -0.166. The zero-order valence-corrected chi connectivity index (χ0v) is 45.8. The van der Waals surface area contributed by atoms with Crippen molar-refractivity contribution in [2.45, 2.75) is 271 Å². The van der Waals surface area contributed by atoms with E-state index in [0.29, 0.717) is 22.3 Å². The average Bonchev–Trinajstić information content (AvgIpc) is 3.39. The van der Waals surface area contributed by atoms with Gasteiger partial charge in [0.25, 0.3) is 23.6 Å². The molecule has 5 aromatic carbocycles. The second-order valence-corrected chi connectivity index (χ2v) is 22.5. The Balaban J connectivity index is 1.14. The molecule has 0 aliphatic carbocycles. The number of hydrogen-bond acceptors (Lipinski definition) is 4. The highest BCUT2D eigenvalue weighted by atomic mass is 16.2. The van der Waals surface area contributed by atoms with Crippen molar-refractivity contribution in [1.82, 2.24) is 9.80 Å². The van der Waals surface area contributed by atoms with Gasteiger partial charge in [-0.05, 0) is 82.3 Å². The van der Waals surface area contributed by atoms with E-state index in [1.165, 1.54) is 154 Å². The van der Waals surface area contributed by atoms with Crippen LogP contribution in [-0.4, -0.2) is 45.5 Å². The maximum Gasteiger partial charge on any atom is 0.261 e. The van der Waals surface area contributed by atoms with E-state index in [9.17, 15) is 19.2 Å². The van der Waals surface area contributed by atoms with E-state index in [0.717, 1.165) is 120 Å². The van der Waals surface area contributed by atoms with Crippen LogP contribution in [0.15, 0.2) is 48.5 Å². The van der Waals surface area contributed by atoms with Crippen LogP contribution in [0, 0.1) is 0 Å². The first kappa shape index (κ1) is 55.4. The Morgan fingerprint density at radius 2 is 0.458 bits per heavy atom. The van der Waals surface area contributed by atoms with Gasteiger partial charge in [-0.2, -0.15) is 0 Å². The lowest BCUT2D eigenvalue weighted by Gasteiger charge is -2.35. The van der Waals surface area contributed by atoms with Gasteiger partial charge >= 0.3 is 0 Å². The molecular weight excluding hydrogens is 885 g/mol. The zero-order valence-electron chi connectivity index (χ0n) is 45.8. The van der Waals surface area contributed by atoms with Gasteiger partial charge in [0, 0.05) is 45.1 Å². The minimum absolute atomic E-state index is 0.118. The monoisotopic (exact) mass is 979 g/mol. The number of unbranched alkanes of at least 4 members (excludes halogenated alkanes) is 28. The van der Waals surface area contributed by atoms with Crippen LogP contribution in [0.1, 0.15) is 300 Å². The van der Waals surface area contributed by atoms with E-state index in [2.05, 4.69) is 52.0 Å². The Kier molecular flexibility index (Phi) is 22.3. The van der Waals surface area contributed by atoms with Gasteiger partial charge in [0.1, 0.15) is 0 Å². The van der Waals surface area contributed by atoms with E-state index >= 15 is 0 Å². The molecule has 0 bridgehead atoms. The summed E-state index contributed by atoms with van der Waals surface area (Å²) in [6, 6.07) is 15.9. The van der Waals surface area contributed by atoms with Gasteiger partial charge in [-0.3, -0.25) is 29.0 Å².